The molecule has 0 saturated carbocycles. The van der Waals surface area contributed by atoms with Crippen molar-refractivity contribution in [2.45, 2.75) is 13.0 Å². The number of hydrogen-bond donors (Lipinski definition) is 1. The Morgan fingerprint density at radius 2 is 2.47 bits per heavy atom. The van der Waals surface area contributed by atoms with E-state index in [0.717, 1.165) is 0 Å². The highest BCUT2D eigenvalue weighted by Gasteiger charge is 2.17. The second-order valence-corrected chi connectivity index (χ2v) is 4.42. The van der Waals surface area contributed by atoms with Crippen LogP contribution in [-0.4, -0.2) is 22.0 Å². The van der Waals surface area contributed by atoms with Gasteiger partial charge in [-0.3, -0.25) is 14.2 Å². The average Bonchev–Trinajstić information content (AvgIpc) is 2.32. The van der Waals surface area contributed by atoms with E-state index in [2.05, 4.69) is 32.8 Å². The van der Waals surface area contributed by atoms with Crippen LogP contribution in [0.1, 0.15) is 13.0 Å². The molecule has 1 rings (SSSR count). The monoisotopic (exact) mass is 319 g/mol. The highest BCUT2D eigenvalue weighted by molar-refractivity contribution is 9.10. The number of carbonyl (C=O) groups excluding carboxylic acids is 1. The van der Waals surface area contributed by atoms with Gasteiger partial charge in [-0.15, -0.1) is 6.58 Å². The van der Waals surface area contributed by atoms with Crippen LogP contribution in [0.5, 0.6) is 0 Å². The van der Waals surface area contributed by atoms with Crippen molar-refractivity contribution in [1.29, 1.82) is 0 Å². The Labute approximate surface area is 112 Å². The van der Waals surface area contributed by atoms with Crippen molar-refractivity contribution in [3.05, 3.63) is 39.0 Å². The van der Waals surface area contributed by atoms with Crippen LogP contribution >= 0.6 is 27.5 Å². The van der Waals surface area contributed by atoms with Gasteiger partial charge in [0.05, 0.1) is 6.33 Å². The van der Waals surface area contributed by atoms with Gasteiger partial charge in [0, 0.05) is 6.54 Å². The molecule has 1 unspecified atom stereocenters. The van der Waals surface area contributed by atoms with E-state index in [1.807, 2.05) is 0 Å². The van der Waals surface area contributed by atoms with Crippen molar-refractivity contribution in [2.24, 2.45) is 0 Å². The first-order chi connectivity index (χ1) is 7.99. The number of carbonyl (C=O) groups is 1. The lowest BCUT2D eigenvalue weighted by Gasteiger charge is -2.14. The fourth-order valence-corrected chi connectivity index (χ4v) is 1.58. The minimum atomic E-state index is -0.663. The smallest absolute Gasteiger partial charge is 0.269 e. The van der Waals surface area contributed by atoms with E-state index in [9.17, 15) is 9.59 Å². The summed E-state index contributed by atoms with van der Waals surface area (Å²) in [7, 11) is 0. The van der Waals surface area contributed by atoms with E-state index >= 15 is 0 Å². The molecule has 1 atom stereocenters. The van der Waals surface area contributed by atoms with E-state index in [1.54, 1.807) is 13.0 Å². The predicted molar refractivity (Wildman–Crippen MR) is 69.1 cm³/mol. The zero-order valence-electron chi connectivity index (χ0n) is 9.11. The summed E-state index contributed by atoms with van der Waals surface area (Å²) >= 11 is 8.69. The van der Waals surface area contributed by atoms with Crippen LogP contribution in [0, 0.1) is 0 Å². The van der Waals surface area contributed by atoms with Crippen molar-refractivity contribution in [1.82, 2.24) is 14.9 Å². The Morgan fingerprint density at radius 1 is 1.82 bits per heavy atom. The molecule has 0 spiro atoms. The summed E-state index contributed by atoms with van der Waals surface area (Å²) in [6, 6.07) is -0.663. The van der Waals surface area contributed by atoms with Crippen LogP contribution in [0.15, 0.2) is 28.2 Å². The molecule has 0 saturated heterocycles. The maximum absolute atomic E-state index is 11.8. The van der Waals surface area contributed by atoms with Gasteiger partial charge in [-0.25, -0.2) is 4.98 Å². The van der Waals surface area contributed by atoms with Crippen molar-refractivity contribution in [3.63, 3.8) is 0 Å². The Kier molecular flexibility index (Phi) is 4.89. The van der Waals surface area contributed by atoms with Crippen LogP contribution in [0.4, 0.5) is 0 Å². The molecule has 0 fully saturated rings. The molecule has 5 nitrogen and oxygen atoms in total. The van der Waals surface area contributed by atoms with Crippen molar-refractivity contribution >= 4 is 33.4 Å². The molecule has 1 N–H and O–H groups in total. The molecule has 1 aromatic heterocycles. The van der Waals surface area contributed by atoms with Crippen molar-refractivity contribution < 1.29 is 4.79 Å². The van der Waals surface area contributed by atoms with Gasteiger partial charge >= 0.3 is 0 Å². The molecular formula is C10H11BrClN3O2. The largest absolute Gasteiger partial charge is 0.351 e. The third kappa shape index (κ3) is 3.17. The second kappa shape index (κ2) is 5.97. The molecule has 0 aliphatic rings. The van der Waals surface area contributed by atoms with Gasteiger partial charge in [-0.05, 0) is 22.9 Å². The first-order valence-electron chi connectivity index (χ1n) is 4.79. The molecule has 0 aliphatic carbocycles. The summed E-state index contributed by atoms with van der Waals surface area (Å²) in [4.78, 5) is 27.3. The van der Waals surface area contributed by atoms with E-state index in [-0.39, 0.29) is 15.5 Å². The second-order valence-electron chi connectivity index (χ2n) is 3.27. The molecule has 1 aromatic rings. The minimum absolute atomic E-state index is 0.0740. The molecule has 0 aromatic carbocycles. The lowest BCUT2D eigenvalue weighted by atomic mass is 10.3. The van der Waals surface area contributed by atoms with Gasteiger partial charge in [0.1, 0.15) is 10.5 Å². The quantitative estimate of drug-likeness (QED) is 0.676. The Hall–Kier alpha value is -1.14. The predicted octanol–water partition coefficient (Wildman–Crippen LogP) is 1.52. The van der Waals surface area contributed by atoms with Gasteiger partial charge in [0.2, 0.25) is 5.91 Å². The van der Waals surface area contributed by atoms with Gasteiger partial charge in [-0.1, -0.05) is 17.7 Å². The van der Waals surface area contributed by atoms with Crippen LogP contribution in [0.25, 0.3) is 0 Å². The number of hydrogen-bond acceptors (Lipinski definition) is 3. The summed E-state index contributed by atoms with van der Waals surface area (Å²) in [5, 5.41) is 2.67. The first-order valence-corrected chi connectivity index (χ1v) is 5.97. The fraction of sp³-hybridized carbons (Fsp3) is 0.300. The standard InChI is InChI=1S/C10H11BrClN3O2/c1-3-4-13-9(16)6(2)15-5-14-8(12)7(11)10(15)17/h3,5-6H,1,4H2,2H3,(H,13,16). The number of rotatable bonds is 4. The molecular weight excluding hydrogens is 309 g/mol. The number of nitrogens with one attached hydrogen (secondary N) is 1. The lowest BCUT2D eigenvalue weighted by molar-refractivity contribution is -0.123. The first kappa shape index (κ1) is 13.9. The topological polar surface area (TPSA) is 64.0 Å². The summed E-state index contributed by atoms with van der Waals surface area (Å²) in [6.45, 7) is 5.43. The molecule has 0 bridgehead atoms. The van der Waals surface area contributed by atoms with Crippen molar-refractivity contribution in [2.75, 3.05) is 6.54 Å². The Balaban J connectivity index is 3.01. The highest BCUT2D eigenvalue weighted by Crippen LogP contribution is 2.15. The zero-order valence-corrected chi connectivity index (χ0v) is 11.5. The molecule has 0 radical (unpaired) electrons. The molecule has 7 heteroatoms. The SMILES string of the molecule is C=CCNC(=O)C(C)n1cnc(Cl)c(Br)c1=O. The lowest BCUT2D eigenvalue weighted by Crippen LogP contribution is -2.36. The molecule has 0 aliphatic heterocycles. The van der Waals surface area contributed by atoms with E-state index in [1.165, 1.54) is 10.9 Å². The highest BCUT2D eigenvalue weighted by atomic mass is 79.9. The average molecular weight is 321 g/mol. The van der Waals surface area contributed by atoms with Crippen LogP contribution in [0.3, 0.4) is 0 Å². The normalized spacial score (nSPS) is 11.9. The van der Waals surface area contributed by atoms with Gasteiger partial charge in [0.25, 0.3) is 5.56 Å². The summed E-state index contributed by atoms with van der Waals surface area (Å²) in [5.74, 6) is -0.289. The maximum Gasteiger partial charge on any atom is 0.269 e. The van der Waals surface area contributed by atoms with E-state index < -0.39 is 11.6 Å². The number of amides is 1. The Bertz CT molecular complexity index is 501. The minimum Gasteiger partial charge on any atom is -0.351 e. The Morgan fingerprint density at radius 3 is 3.06 bits per heavy atom. The van der Waals surface area contributed by atoms with Gasteiger partial charge in [-0.2, -0.15) is 0 Å². The van der Waals surface area contributed by atoms with Gasteiger partial charge < -0.3 is 5.32 Å². The summed E-state index contributed by atoms with van der Waals surface area (Å²) in [6.07, 6.45) is 2.80. The molecule has 1 amide bonds. The zero-order chi connectivity index (χ0) is 13.0. The van der Waals surface area contributed by atoms with Crippen LogP contribution in [0.2, 0.25) is 5.15 Å². The summed E-state index contributed by atoms with van der Waals surface area (Å²) in [5.41, 5.74) is -0.397. The number of aromatic nitrogens is 2. The third-order valence-corrected chi connectivity index (χ3v) is 3.35. The van der Waals surface area contributed by atoms with E-state index in [4.69, 9.17) is 11.6 Å². The van der Waals surface area contributed by atoms with Crippen molar-refractivity contribution in [3.8, 4) is 0 Å². The van der Waals surface area contributed by atoms with Gasteiger partial charge in [0.15, 0.2) is 5.15 Å². The molecule has 92 valence electrons. The maximum atomic E-state index is 11.8. The number of nitrogens with zero attached hydrogens (tertiary/aromatic N) is 2. The van der Waals surface area contributed by atoms with E-state index in [0.29, 0.717) is 6.54 Å². The summed E-state index contributed by atoms with van der Waals surface area (Å²) < 4.78 is 1.35. The third-order valence-electron chi connectivity index (χ3n) is 2.12. The van der Waals surface area contributed by atoms with Crippen LogP contribution in [-0.2, 0) is 4.79 Å². The fourth-order valence-electron chi connectivity index (χ4n) is 1.15. The van der Waals surface area contributed by atoms with Crippen LogP contribution < -0.4 is 10.9 Å². The number of halogens is 2. The molecule has 17 heavy (non-hydrogen) atoms. The molecule has 1 heterocycles.